The van der Waals surface area contributed by atoms with Gasteiger partial charge in [-0.25, -0.2) is 23.0 Å². The van der Waals surface area contributed by atoms with Crippen molar-refractivity contribution in [3.05, 3.63) is 59.3 Å². The molecule has 1 saturated heterocycles. The Morgan fingerprint density at radius 2 is 1.26 bits per heavy atom. The summed E-state index contributed by atoms with van der Waals surface area (Å²) in [6.45, 7) is 20.0. The molecule has 8 aliphatic carbocycles. The molecule has 16 atom stereocenters. The molecule has 72 heavy (non-hydrogen) atoms. The van der Waals surface area contributed by atoms with Gasteiger partial charge >= 0.3 is 0 Å². The first-order valence-electron chi connectivity index (χ1n) is 25.5. The fraction of sp³-hybridized carbons (Fsp3) is 0.750. The van der Waals surface area contributed by atoms with Crippen LogP contribution in [0.25, 0.3) is 0 Å². The van der Waals surface area contributed by atoms with Crippen LogP contribution in [-0.2, 0) is 24.0 Å². The van der Waals surface area contributed by atoms with Crippen LogP contribution in [0, 0.1) is 62.1 Å². The number of halogens is 4. The number of hydrogen-bond donors (Lipinski definition) is 6. The van der Waals surface area contributed by atoms with Gasteiger partial charge in [0.25, 0.3) is 0 Å². The van der Waals surface area contributed by atoms with Crippen LogP contribution < -0.4 is 5.48 Å². The van der Waals surface area contributed by atoms with Crippen molar-refractivity contribution >= 4 is 23.1 Å². The molecule has 0 unspecified atom stereocenters. The summed E-state index contributed by atoms with van der Waals surface area (Å²) in [6, 6.07) is 0. The third-order valence-electron chi connectivity index (χ3n) is 19.0. The molecule has 6 N–H and O–H groups in total. The van der Waals surface area contributed by atoms with Gasteiger partial charge in [-0.2, -0.15) is 5.06 Å². The van der Waals surface area contributed by atoms with Crippen LogP contribution in [0.3, 0.4) is 0 Å². The van der Waals surface area contributed by atoms with Gasteiger partial charge in [-0.15, -0.1) is 0 Å². The average molecular weight is 1020 g/mol. The van der Waals surface area contributed by atoms with Crippen LogP contribution in [-0.4, -0.2) is 128 Å². The highest BCUT2D eigenvalue weighted by Gasteiger charge is 2.79. The Labute approximate surface area is 423 Å². The van der Waals surface area contributed by atoms with E-state index in [1.807, 2.05) is 6.92 Å². The number of fused-ring (bicyclic) bond motifs is 12. The number of hydrogen-bond acceptors (Lipinski definition) is 12. The monoisotopic (exact) mass is 1020 g/mol. The van der Waals surface area contributed by atoms with E-state index in [4.69, 9.17) is 10.0 Å². The molecular formula is C56H82F4N2O10. The Morgan fingerprint density at radius 3 is 1.72 bits per heavy atom. The lowest BCUT2D eigenvalue weighted by atomic mass is 9.44. The number of carbonyl (C=O) groups is 4. The molecule has 0 aromatic rings. The van der Waals surface area contributed by atoms with E-state index in [1.54, 1.807) is 31.9 Å². The van der Waals surface area contributed by atoms with Gasteiger partial charge in [0.2, 0.25) is 0 Å². The van der Waals surface area contributed by atoms with E-state index in [0.717, 1.165) is 18.9 Å². The third kappa shape index (κ3) is 8.84. The van der Waals surface area contributed by atoms with Gasteiger partial charge in [-0.3, -0.25) is 24.0 Å². The van der Waals surface area contributed by atoms with E-state index in [0.29, 0.717) is 43.5 Å². The van der Waals surface area contributed by atoms with Crippen LogP contribution in [0.5, 0.6) is 0 Å². The first kappa shape index (κ1) is 58.0. The van der Waals surface area contributed by atoms with Gasteiger partial charge in [-0.05, 0) is 129 Å². The highest BCUT2D eigenvalue weighted by molar-refractivity contribution is 6.02. The van der Waals surface area contributed by atoms with E-state index in [1.165, 1.54) is 30.4 Å². The summed E-state index contributed by atoms with van der Waals surface area (Å²) in [5.41, 5.74) is -7.28. The van der Waals surface area contributed by atoms with E-state index in [-0.39, 0.29) is 73.1 Å². The van der Waals surface area contributed by atoms with Gasteiger partial charge in [-0.1, -0.05) is 81.0 Å². The van der Waals surface area contributed by atoms with Crippen molar-refractivity contribution in [3.8, 4) is 0 Å². The number of aliphatic hydroxyl groups is 4. The van der Waals surface area contributed by atoms with Crippen molar-refractivity contribution in [2.45, 2.75) is 170 Å². The molecule has 1 aliphatic heterocycles. The molecule has 0 spiro atoms. The molecule has 0 aromatic heterocycles. The highest BCUT2D eigenvalue weighted by atomic mass is 19.2. The van der Waals surface area contributed by atoms with Crippen molar-refractivity contribution in [1.29, 1.82) is 0 Å². The van der Waals surface area contributed by atoms with Crippen molar-refractivity contribution in [2.24, 2.45) is 62.1 Å². The van der Waals surface area contributed by atoms with E-state index in [9.17, 15) is 39.6 Å². The average Bonchev–Trinajstić information content (AvgIpc) is 3.91. The van der Waals surface area contributed by atoms with Gasteiger partial charge in [0.15, 0.2) is 40.1 Å². The molecule has 9 aliphatic rings. The van der Waals surface area contributed by atoms with Gasteiger partial charge in [0.05, 0.1) is 12.2 Å². The summed E-state index contributed by atoms with van der Waals surface area (Å²) in [4.78, 5) is 55.9. The maximum absolute atomic E-state index is 17.3. The minimum Gasteiger partial charge on any atom is -0.390 e. The predicted octanol–water partition coefficient (Wildman–Crippen LogP) is 7.96. The lowest BCUT2D eigenvalue weighted by Crippen LogP contribution is -2.70. The van der Waals surface area contributed by atoms with Crippen molar-refractivity contribution in [3.63, 3.8) is 0 Å². The lowest BCUT2D eigenvalue weighted by Gasteiger charge is -2.63. The zero-order chi connectivity index (χ0) is 52.9. The van der Waals surface area contributed by atoms with E-state index in [2.05, 4.69) is 47.0 Å². The second-order valence-electron chi connectivity index (χ2n) is 25.4. The number of rotatable bonds is 8. The molecule has 0 amide bonds. The molecule has 16 heteroatoms. The minimum atomic E-state index is -2.20. The smallest absolute Gasteiger partial charge is 0.192 e. The zero-order valence-electron chi connectivity index (χ0n) is 43.2. The molecular weight excluding hydrogens is 937 g/mol. The van der Waals surface area contributed by atoms with E-state index >= 15 is 17.6 Å². The number of ketones is 4. The molecule has 0 aromatic carbocycles. The summed E-state index contributed by atoms with van der Waals surface area (Å²) in [5, 5.41) is 51.7. The summed E-state index contributed by atoms with van der Waals surface area (Å²) in [6.07, 6.45) is 5.81. The number of carbonyl (C=O) groups excluding carboxylic acids is 4. The quantitative estimate of drug-likeness (QED) is 0.102. The van der Waals surface area contributed by atoms with Crippen molar-refractivity contribution in [2.75, 3.05) is 32.8 Å². The number of nitrogens with one attached hydrogen (secondary N) is 1. The number of alkyl halides is 4. The molecule has 9 rings (SSSR count). The number of allylic oxidation sites excluding steroid dienone is 9. The Kier molecular flexibility index (Phi) is 15.9. The largest absolute Gasteiger partial charge is 0.390 e. The van der Waals surface area contributed by atoms with Crippen LogP contribution in [0.4, 0.5) is 17.6 Å². The van der Waals surface area contributed by atoms with Crippen LogP contribution in [0.1, 0.15) is 128 Å². The number of nitrogens with zero attached hydrogens (tertiary/aromatic N) is 1. The Balaban J connectivity index is 0.000000208. The van der Waals surface area contributed by atoms with E-state index < -0.39 is 106 Å². The Morgan fingerprint density at radius 1 is 0.764 bits per heavy atom. The van der Waals surface area contributed by atoms with Crippen LogP contribution in [0.15, 0.2) is 59.3 Å². The lowest BCUT2D eigenvalue weighted by molar-refractivity contribution is -0.268. The Bertz CT molecular complexity index is 2310. The molecule has 0 radical (unpaired) electrons. The summed E-state index contributed by atoms with van der Waals surface area (Å²) in [7, 11) is 0. The first-order chi connectivity index (χ1) is 32.8. The summed E-state index contributed by atoms with van der Waals surface area (Å²) < 4.78 is 64.7. The minimum absolute atomic E-state index is 0. The highest BCUT2D eigenvalue weighted by Crippen LogP contribution is 2.73. The first-order valence-corrected chi connectivity index (χ1v) is 25.5. The van der Waals surface area contributed by atoms with Crippen molar-refractivity contribution < 1.29 is 67.2 Å². The maximum Gasteiger partial charge on any atom is 0.192 e. The second-order valence-corrected chi connectivity index (χ2v) is 25.4. The van der Waals surface area contributed by atoms with Crippen molar-refractivity contribution in [1.82, 2.24) is 10.5 Å². The molecule has 12 nitrogen and oxygen atoms in total. The fourth-order valence-corrected chi connectivity index (χ4v) is 15.3. The second kappa shape index (κ2) is 19.7. The Hall–Kier alpha value is -3.22. The summed E-state index contributed by atoms with van der Waals surface area (Å²) >= 11 is 0. The number of Topliss-reactive ketones (excluding diaryl/α,β-unsaturated/α-hetero) is 2. The number of hydroxylamine groups is 3. The van der Waals surface area contributed by atoms with Gasteiger partial charge in [0.1, 0.15) is 25.6 Å². The van der Waals surface area contributed by atoms with Crippen LogP contribution >= 0.6 is 0 Å². The standard InChI is InChI=1S/C28H39F2NO5.C21H24F2O4.C6H15NO.CH4/c1-24(2,3)8-9-31-14-16-10-18-19-12-21(29)20-11-17(33)6-7-25(20,4)27(19,30)22(34)13-26(18,5)28(16,36-31)23(35)15-32;1-19-9-18(27)21(23)14(12(19)3-4-13(19)17(26)10-24)8-16(22)15-7-11(25)5-6-20(15,21)2;1-6(2,3)4-5-7-8;/h6-7,11,16,18-19,21-22,32,34H,8-10,12-15H2,1-5H3;4-7,12,14,16,18,24,27H,3,8-10H2,1-2H3;7-8H,4-5H2,1-3H3;1H4/t16-,18-,19-,21-,22-,25-,26-,27-,28-;12-,14-,16-,18-,19-,20-,21-;;/m00../s1. The maximum atomic E-state index is 17.3. The summed E-state index contributed by atoms with van der Waals surface area (Å²) in [5.74, 6) is -4.40. The molecule has 0 bridgehead atoms. The molecule has 404 valence electrons. The molecule has 6 fully saturated rings. The van der Waals surface area contributed by atoms with Gasteiger partial charge < -0.3 is 25.6 Å². The van der Waals surface area contributed by atoms with Gasteiger partial charge in [0, 0.05) is 59.0 Å². The normalized spacial score (nSPS) is 43.5. The SMILES string of the molecule is C.CC(C)(C)CCN1C[C@@H]2C[C@H]3[C@@H]4C[C@H](F)C5=CC(=O)C=C[C@]5(C)[C@@]4(F)[C@@H](O)C[C@]3(C)[C@]2(C(=O)CO)O1.CC(C)(C)CCNO.C[C@]12C=CC(=O)C=C1[C@@H](F)C[C@H]1[C@@H]3CC=C(C(=O)CO)[C@@]3(C)C[C@H](O)[C@@]12F. The zero-order valence-corrected chi connectivity index (χ0v) is 43.2. The third-order valence-corrected chi connectivity index (χ3v) is 19.0. The number of aliphatic hydroxyl groups excluding tert-OH is 4. The predicted molar refractivity (Wildman–Crippen MR) is 264 cm³/mol. The molecule has 5 saturated carbocycles. The topological polar surface area (TPSA) is 194 Å². The molecule has 1 heterocycles. The fourth-order valence-electron chi connectivity index (χ4n) is 15.3. The van der Waals surface area contributed by atoms with Crippen LogP contribution in [0.2, 0.25) is 0 Å².